The fourth-order valence-corrected chi connectivity index (χ4v) is 3.98. The molecule has 0 bridgehead atoms. The Morgan fingerprint density at radius 2 is 1.95 bits per heavy atom. The fraction of sp³-hybridized carbons (Fsp3) is 0.333. The highest BCUT2D eigenvalue weighted by Crippen LogP contribution is 2.39. The van der Waals surface area contributed by atoms with Crippen molar-refractivity contribution >= 4 is 11.8 Å². The smallest absolute Gasteiger partial charge is 0.118 e. The Hall–Kier alpha value is -1.45. The van der Waals surface area contributed by atoms with Crippen LogP contribution < -0.4 is 10.1 Å². The van der Waals surface area contributed by atoms with Crippen molar-refractivity contribution in [2.45, 2.75) is 23.8 Å². The molecule has 2 nitrogen and oxygen atoms in total. The molecule has 1 unspecified atom stereocenters. The summed E-state index contributed by atoms with van der Waals surface area (Å²) < 4.78 is 5.21. The van der Waals surface area contributed by atoms with Gasteiger partial charge in [0.2, 0.25) is 0 Å². The molecule has 21 heavy (non-hydrogen) atoms. The summed E-state index contributed by atoms with van der Waals surface area (Å²) in [4.78, 5) is 1.45. The molecule has 3 heteroatoms. The van der Waals surface area contributed by atoms with E-state index in [0.717, 1.165) is 12.3 Å². The SMILES string of the molecule is COc1ccc([C@@H](C)NCC2CSc3ccccc32)cc1. The first-order chi connectivity index (χ1) is 10.3. The number of hydrogen-bond donors (Lipinski definition) is 1. The summed E-state index contributed by atoms with van der Waals surface area (Å²) in [6, 6.07) is 17.4. The van der Waals surface area contributed by atoms with E-state index >= 15 is 0 Å². The van der Waals surface area contributed by atoms with E-state index in [9.17, 15) is 0 Å². The number of methoxy groups -OCH3 is 1. The molecule has 2 aromatic carbocycles. The summed E-state index contributed by atoms with van der Waals surface area (Å²) >= 11 is 1.97. The highest BCUT2D eigenvalue weighted by Gasteiger charge is 2.22. The van der Waals surface area contributed by atoms with Gasteiger partial charge in [-0.25, -0.2) is 0 Å². The Balaban J connectivity index is 1.60. The maximum Gasteiger partial charge on any atom is 0.118 e. The average Bonchev–Trinajstić information content (AvgIpc) is 2.96. The molecule has 3 rings (SSSR count). The molecule has 1 N–H and O–H groups in total. The van der Waals surface area contributed by atoms with E-state index in [4.69, 9.17) is 4.74 Å². The Labute approximate surface area is 130 Å². The molecule has 0 amide bonds. The van der Waals surface area contributed by atoms with Gasteiger partial charge in [-0.05, 0) is 36.2 Å². The van der Waals surface area contributed by atoms with Crippen molar-refractivity contribution in [3.8, 4) is 5.75 Å². The first kappa shape index (κ1) is 14.5. The van der Waals surface area contributed by atoms with Gasteiger partial charge in [-0.15, -0.1) is 11.8 Å². The molecule has 0 fully saturated rings. The molecular weight excluding hydrogens is 278 g/mol. The van der Waals surface area contributed by atoms with E-state index in [1.165, 1.54) is 21.8 Å². The van der Waals surface area contributed by atoms with Crippen LogP contribution in [0.15, 0.2) is 53.4 Å². The number of benzene rings is 2. The van der Waals surface area contributed by atoms with E-state index in [0.29, 0.717) is 12.0 Å². The second kappa shape index (κ2) is 6.54. The molecule has 0 radical (unpaired) electrons. The second-order valence-electron chi connectivity index (χ2n) is 5.45. The summed E-state index contributed by atoms with van der Waals surface area (Å²) in [6.07, 6.45) is 0. The third kappa shape index (κ3) is 3.25. The molecule has 0 spiro atoms. The Morgan fingerprint density at radius 1 is 1.19 bits per heavy atom. The monoisotopic (exact) mass is 299 g/mol. The maximum atomic E-state index is 5.21. The van der Waals surface area contributed by atoms with Crippen molar-refractivity contribution in [1.29, 1.82) is 0 Å². The van der Waals surface area contributed by atoms with E-state index in [2.05, 4.69) is 48.6 Å². The van der Waals surface area contributed by atoms with Gasteiger partial charge in [0.25, 0.3) is 0 Å². The second-order valence-corrected chi connectivity index (χ2v) is 6.51. The van der Waals surface area contributed by atoms with Crippen molar-refractivity contribution < 1.29 is 4.74 Å². The number of rotatable bonds is 5. The number of ether oxygens (including phenoxy) is 1. The van der Waals surface area contributed by atoms with Gasteiger partial charge in [0, 0.05) is 29.2 Å². The zero-order chi connectivity index (χ0) is 14.7. The predicted molar refractivity (Wildman–Crippen MR) is 89.3 cm³/mol. The van der Waals surface area contributed by atoms with Crippen LogP contribution in [0.4, 0.5) is 0 Å². The van der Waals surface area contributed by atoms with Gasteiger partial charge < -0.3 is 10.1 Å². The third-order valence-electron chi connectivity index (χ3n) is 4.09. The molecule has 0 saturated carbocycles. The summed E-state index contributed by atoms with van der Waals surface area (Å²) in [7, 11) is 1.70. The summed E-state index contributed by atoms with van der Waals surface area (Å²) in [5.41, 5.74) is 2.80. The van der Waals surface area contributed by atoms with Crippen molar-refractivity contribution in [2.24, 2.45) is 0 Å². The highest BCUT2D eigenvalue weighted by atomic mass is 32.2. The number of nitrogens with one attached hydrogen (secondary N) is 1. The van der Waals surface area contributed by atoms with Crippen molar-refractivity contribution in [3.05, 3.63) is 59.7 Å². The van der Waals surface area contributed by atoms with Crippen LogP contribution >= 0.6 is 11.8 Å². The van der Waals surface area contributed by atoms with Crippen LogP contribution in [-0.2, 0) is 0 Å². The van der Waals surface area contributed by atoms with Gasteiger partial charge in [0.15, 0.2) is 0 Å². The normalized spacial score (nSPS) is 18.3. The molecule has 110 valence electrons. The summed E-state index contributed by atoms with van der Waals surface area (Å²) in [5.74, 6) is 2.71. The number of thioether (sulfide) groups is 1. The molecule has 0 aromatic heterocycles. The molecule has 0 saturated heterocycles. The Bertz CT molecular complexity index is 596. The first-order valence-corrected chi connectivity index (χ1v) is 8.35. The van der Waals surface area contributed by atoms with E-state index in [-0.39, 0.29) is 0 Å². The van der Waals surface area contributed by atoms with Gasteiger partial charge in [0.1, 0.15) is 5.75 Å². The van der Waals surface area contributed by atoms with Crippen LogP contribution in [0.5, 0.6) is 5.75 Å². The van der Waals surface area contributed by atoms with Gasteiger partial charge in [-0.1, -0.05) is 30.3 Å². The number of fused-ring (bicyclic) bond motifs is 1. The van der Waals surface area contributed by atoms with Gasteiger partial charge >= 0.3 is 0 Å². The molecule has 2 atom stereocenters. The Kier molecular flexibility index (Phi) is 4.51. The van der Waals surface area contributed by atoms with Crippen LogP contribution in [0.2, 0.25) is 0 Å². The summed E-state index contributed by atoms with van der Waals surface area (Å²) in [5, 5.41) is 3.67. The third-order valence-corrected chi connectivity index (χ3v) is 5.34. The lowest BCUT2D eigenvalue weighted by Crippen LogP contribution is -2.24. The molecule has 0 aliphatic carbocycles. The minimum atomic E-state index is 0.355. The molecule has 1 aliphatic heterocycles. The van der Waals surface area contributed by atoms with Crippen molar-refractivity contribution in [1.82, 2.24) is 5.32 Å². The van der Waals surface area contributed by atoms with Gasteiger partial charge in [-0.3, -0.25) is 0 Å². The molecule has 1 heterocycles. The van der Waals surface area contributed by atoms with E-state index in [1.54, 1.807) is 7.11 Å². The average molecular weight is 299 g/mol. The minimum Gasteiger partial charge on any atom is -0.497 e. The van der Waals surface area contributed by atoms with Gasteiger partial charge in [0.05, 0.1) is 7.11 Å². The van der Waals surface area contributed by atoms with Crippen LogP contribution in [0.3, 0.4) is 0 Å². The van der Waals surface area contributed by atoms with Crippen molar-refractivity contribution in [3.63, 3.8) is 0 Å². The predicted octanol–water partition coefficient (Wildman–Crippen LogP) is 4.24. The quantitative estimate of drug-likeness (QED) is 0.892. The zero-order valence-corrected chi connectivity index (χ0v) is 13.3. The van der Waals surface area contributed by atoms with Crippen LogP contribution in [0.1, 0.15) is 30.0 Å². The standard InChI is InChI=1S/C18H21NOS/c1-13(14-7-9-16(20-2)10-8-14)19-11-15-12-21-18-6-4-3-5-17(15)18/h3-10,13,15,19H,11-12H2,1-2H3/t13-,15?/m1/s1. The maximum absolute atomic E-state index is 5.21. The van der Waals surface area contributed by atoms with Crippen LogP contribution in [-0.4, -0.2) is 19.4 Å². The lowest BCUT2D eigenvalue weighted by molar-refractivity contribution is 0.414. The van der Waals surface area contributed by atoms with E-state index in [1.807, 2.05) is 23.9 Å². The molecule has 2 aromatic rings. The van der Waals surface area contributed by atoms with Gasteiger partial charge in [-0.2, -0.15) is 0 Å². The van der Waals surface area contributed by atoms with Crippen LogP contribution in [0, 0.1) is 0 Å². The zero-order valence-electron chi connectivity index (χ0n) is 12.5. The molecule has 1 aliphatic rings. The Morgan fingerprint density at radius 3 is 2.71 bits per heavy atom. The van der Waals surface area contributed by atoms with Crippen molar-refractivity contribution in [2.75, 3.05) is 19.4 Å². The highest BCUT2D eigenvalue weighted by molar-refractivity contribution is 7.99. The minimum absolute atomic E-state index is 0.355. The topological polar surface area (TPSA) is 21.3 Å². The fourth-order valence-electron chi connectivity index (χ4n) is 2.73. The largest absolute Gasteiger partial charge is 0.497 e. The summed E-state index contributed by atoms with van der Waals surface area (Å²) in [6.45, 7) is 3.24. The van der Waals surface area contributed by atoms with Crippen LogP contribution in [0.25, 0.3) is 0 Å². The first-order valence-electron chi connectivity index (χ1n) is 7.37. The molecular formula is C18H21NOS. The van der Waals surface area contributed by atoms with E-state index < -0.39 is 0 Å². The lowest BCUT2D eigenvalue weighted by atomic mass is 10.0. The lowest BCUT2D eigenvalue weighted by Gasteiger charge is -2.18. The number of hydrogen-bond acceptors (Lipinski definition) is 3.